The van der Waals surface area contributed by atoms with E-state index in [1.807, 2.05) is 11.3 Å². The van der Waals surface area contributed by atoms with Crippen LogP contribution in [0.25, 0.3) is 0 Å². The molecule has 1 fully saturated rings. The molecule has 1 aliphatic heterocycles. The molecule has 1 aromatic rings. The number of nitrogens with zero attached hydrogens (tertiary/aromatic N) is 2. The van der Waals surface area contributed by atoms with E-state index in [0.717, 1.165) is 12.2 Å². The van der Waals surface area contributed by atoms with Crippen LogP contribution in [0.2, 0.25) is 0 Å². The molecule has 18 heavy (non-hydrogen) atoms. The van der Waals surface area contributed by atoms with E-state index < -0.39 is 0 Å². The molecule has 0 bridgehead atoms. The molecular formula is C14H25N3S. The quantitative estimate of drug-likeness (QED) is 0.909. The van der Waals surface area contributed by atoms with Crippen molar-refractivity contribution >= 4 is 11.3 Å². The van der Waals surface area contributed by atoms with Crippen molar-refractivity contribution in [3.63, 3.8) is 0 Å². The maximum absolute atomic E-state index is 4.73. The second-order valence-electron chi connectivity index (χ2n) is 5.54. The van der Waals surface area contributed by atoms with E-state index in [1.54, 1.807) is 0 Å². The average Bonchev–Trinajstić information content (AvgIpc) is 2.77. The summed E-state index contributed by atoms with van der Waals surface area (Å²) in [4.78, 5) is 7.30. The van der Waals surface area contributed by atoms with Crippen LogP contribution < -0.4 is 5.32 Å². The van der Waals surface area contributed by atoms with E-state index in [2.05, 4.69) is 43.3 Å². The Morgan fingerprint density at radius 2 is 2.11 bits per heavy atom. The van der Waals surface area contributed by atoms with Crippen LogP contribution in [0.5, 0.6) is 0 Å². The van der Waals surface area contributed by atoms with Crippen molar-refractivity contribution in [2.24, 2.45) is 0 Å². The predicted molar refractivity (Wildman–Crippen MR) is 78.1 cm³/mol. The van der Waals surface area contributed by atoms with Crippen molar-refractivity contribution in [2.75, 3.05) is 19.6 Å². The van der Waals surface area contributed by atoms with Gasteiger partial charge in [0.1, 0.15) is 5.01 Å². The van der Waals surface area contributed by atoms with E-state index in [0.29, 0.717) is 6.04 Å². The van der Waals surface area contributed by atoms with E-state index in [-0.39, 0.29) is 5.54 Å². The fraction of sp³-hybridized carbons (Fsp3) is 0.786. The highest BCUT2D eigenvalue weighted by Crippen LogP contribution is 2.35. The molecule has 2 heterocycles. The van der Waals surface area contributed by atoms with Crippen molar-refractivity contribution in [3.05, 3.63) is 16.1 Å². The molecule has 1 saturated heterocycles. The number of aryl methyl sites for hydroxylation is 1. The summed E-state index contributed by atoms with van der Waals surface area (Å²) in [6, 6.07) is 0.655. The van der Waals surface area contributed by atoms with Gasteiger partial charge in [-0.2, -0.15) is 0 Å². The number of nitrogens with one attached hydrogen (secondary N) is 1. The minimum absolute atomic E-state index is 0.124. The molecule has 0 atom stereocenters. The van der Waals surface area contributed by atoms with Crippen LogP contribution in [-0.2, 0) is 5.54 Å². The van der Waals surface area contributed by atoms with Crippen LogP contribution in [0.1, 0.15) is 44.3 Å². The van der Waals surface area contributed by atoms with E-state index >= 15 is 0 Å². The highest BCUT2D eigenvalue weighted by molar-refractivity contribution is 7.09. The monoisotopic (exact) mass is 267 g/mol. The van der Waals surface area contributed by atoms with Gasteiger partial charge in [-0.3, -0.25) is 0 Å². The highest BCUT2D eigenvalue weighted by Gasteiger charge is 2.38. The Morgan fingerprint density at radius 3 is 2.56 bits per heavy atom. The topological polar surface area (TPSA) is 28.2 Å². The summed E-state index contributed by atoms with van der Waals surface area (Å²) in [6.07, 6.45) is 2.35. The summed E-state index contributed by atoms with van der Waals surface area (Å²) in [5, 5.41) is 7.16. The molecule has 2 rings (SSSR count). The summed E-state index contributed by atoms with van der Waals surface area (Å²) in [6.45, 7) is 12.2. The third-order valence-corrected chi connectivity index (χ3v) is 5.09. The first-order valence-electron chi connectivity index (χ1n) is 6.99. The highest BCUT2D eigenvalue weighted by atomic mass is 32.1. The average molecular weight is 267 g/mol. The first kappa shape index (κ1) is 14.0. The maximum Gasteiger partial charge on any atom is 0.113 e. The summed E-state index contributed by atoms with van der Waals surface area (Å²) < 4.78 is 0. The molecule has 0 aromatic carbocycles. The van der Waals surface area contributed by atoms with E-state index in [4.69, 9.17) is 4.98 Å². The molecule has 0 radical (unpaired) electrons. The molecule has 0 aliphatic carbocycles. The molecule has 0 unspecified atom stereocenters. The molecular weight excluding hydrogens is 242 g/mol. The van der Waals surface area contributed by atoms with E-state index in [1.165, 1.54) is 30.9 Å². The van der Waals surface area contributed by atoms with Crippen molar-refractivity contribution in [1.82, 2.24) is 15.2 Å². The zero-order valence-corrected chi connectivity index (χ0v) is 12.8. The third-order valence-electron chi connectivity index (χ3n) is 3.93. The van der Waals surface area contributed by atoms with Gasteiger partial charge in [-0.15, -0.1) is 11.3 Å². The number of rotatable bonds is 4. The Balaban J connectivity index is 2.15. The molecule has 4 heteroatoms. The molecule has 1 N–H and O–H groups in total. The SMILES string of the molecule is CCNC1(c2nc(C)cs2)CCN(C(C)C)CC1. The summed E-state index contributed by atoms with van der Waals surface area (Å²) in [5.74, 6) is 0. The molecule has 1 aliphatic rings. The Labute approximate surface area is 115 Å². The van der Waals surface area contributed by atoms with Gasteiger partial charge in [0, 0.05) is 30.2 Å². The van der Waals surface area contributed by atoms with Gasteiger partial charge >= 0.3 is 0 Å². The molecule has 102 valence electrons. The Bertz CT molecular complexity index is 378. The zero-order chi connectivity index (χ0) is 13.2. The first-order valence-corrected chi connectivity index (χ1v) is 7.87. The number of piperidine rings is 1. The van der Waals surface area contributed by atoms with Gasteiger partial charge < -0.3 is 10.2 Å². The van der Waals surface area contributed by atoms with Crippen molar-refractivity contribution in [3.8, 4) is 0 Å². The summed E-state index contributed by atoms with van der Waals surface area (Å²) >= 11 is 1.81. The fourth-order valence-corrected chi connectivity index (χ4v) is 3.83. The molecule has 0 spiro atoms. The Hall–Kier alpha value is -0.450. The number of thiazole rings is 1. The number of hydrogen-bond donors (Lipinski definition) is 1. The molecule has 3 nitrogen and oxygen atoms in total. The second kappa shape index (κ2) is 5.68. The maximum atomic E-state index is 4.73. The normalized spacial score (nSPS) is 20.5. The smallest absolute Gasteiger partial charge is 0.113 e. The lowest BCUT2D eigenvalue weighted by Crippen LogP contribution is -2.52. The largest absolute Gasteiger partial charge is 0.306 e. The van der Waals surface area contributed by atoms with Crippen LogP contribution in [0.4, 0.5) is 0 Å². The standard InChI is InChI=1S/C14H25N3S/c1-5-15-14(13-16-12(4)10-18-13)6-8-17(9-7-14)11(2)3/h10-11,15H,5-9H2,1-4H3. The molecule has 0 amide bonds. The van der Waals surface area contributed by atoms with E-state index in [9.17, 15) is 0 Å². The van der Waals surface area contributed by atoms with Gasteiger partial charge in [0.2, 0.25) is 0 Å². The Kier molecular flexibility index (Phi) is 4.41. The minimum atomic E-state index is 0.124. The lowest BCUT2D eigenvalue weighted by Gasteiger charge is -2.42. The van der Waals surface area contributed by atoms with Crippen molar-refractivity contribution in [2.45, 2.75) is 52.1 Å². The van der Waals surface area contributed by atoms with Gasteiger partial charge in [-0.1, -0.05) is 6.92 Å². The van der Waals surface area contributed by atoms with Crippen LogP contribution in [0.15, 0.2) is 5.38 Å². The van der Waals surface area contributed by atoms with Gasteiger partial charge in [0.05, 0.1) is 5.54 Å². The third kappa shape index (κ3) is 2.76. The summed E-state index contributed by atoms with van der Waals surface area (Å²) in [7, 11) is 0. The van der Waals surface area contributed by atoms with Crippen LogP contribution in [0, 0.1) is 6.92 Å². The molecule has 1 aromatic heterocycles. The van der Waals surface area contributed by atoms with Crippen LogP contribution in [0.3, 0.4) is 0 Å². The number of aromatic nitrogens is 1. The lowest BCUT2D eigenvalue weighted by atomic mass is 9.87. The lowest BCUT2D eigenvalue weighted by molar-refractivity contribution is 0.110. The van der Waals surface area contributed by atoms with Gasteiger partial charge in [-0.25, -0.2) is 4.98 Å². The van der Waals surface area contributed by atoms with Gasteiger partial charge in [0.15, 0.2) is 0 Å². The summed E-state index contributed by atoms with van der Waals surface area (Å²) in [5.41, 5.74) is 1.28. The van der Waals surface area contributed by atoms with Crippen LogP contribution >= 0.6 is 11.3 Å². The zero-order valence-electron chi connectivity index (χ0n) is 12.0. The van der Waals surface area contributed by atoms with Crippen molar-refractivity contribution in [1.29, 1.82) is 0 Å². The molecule has 0 saturated carbocycles. The second-order valence-corrected chi connectivity index (χ2v) is 6.39. The number of hydrogen-bond acceptors (Lipinski definition) is 4. The van der Waals surface area contributed by atoms with Gasteiger partial charge in [-0.05, 0) is 40.2 Å². The fourth-order valence-electron chi connectivity index (χ4n) is 2.80. The number of likely N-dealkylation sites (tertiary alicyclic amines) is 1. The minimum Gasteiger partial charge on any atom is -0.306 e. The van der Waals surface area contributed by atoms with Crippen molar-refractivity contribution < 1.29 is 0 Å². The first-order chi connectivity index (χ1) is 8.57. The van der Waals surface area contributed by atoms with Gasteiger partial charge in [0.25, 0.3) is 0 Å². The Morgan fingerprint density at radius 1 is 1.44 bits per heavy atom. The van der Waals surface area contributed by atoms with Crippen LogP contribution in [-0.4, -0.2) is 35.6 Å². The predicted octanol–water partition coefficient (Wildman–Crippen LogP) is 2.76.